The molecule has 0 saturated carbocycles. The Morgan fingerprint density at radius 1 is 1.06 bits per heavy atom. The standard InChI is InChI=1S/C15H15NOS/c1-12-7-9-14(10-8-12)18-11-16-15(17)13-5-3-2-4-6-13/h2-10H,11H2,1H3,(H,16,17). The Kier molecular flexibility index (Phi) is 4.42. The highest BCUT2D eigenvalue weighted by Crippen LogP contribution is 2.16. The smallest absolute Gasteiger partial charge is 0.251 e. The zero-order valence-electron chi connectivity index (χ0n) is 10.2. The lowest BCUT2D eigenvalue weighted by molar-refractivity contribution is 0.0961. The van der Waals surface area contributed by atoms with Crippen LogP contribution in [0.4, 0.5) is 0 Å². The van der Waals surface area contributed by atoms with Gasteiger partial charge in [-0.15, -0.1) is 11.8 Å². The highest BCUT2D eigenvalue weighted by molar-refractivity contribution is 7.99. The quantitative estimate of drug-likeness (QED) is 0.671. The molecular formula is C15H15NOS. The van der Waals surface area contributed by atoms with Crippen molar-refractivity contribution in [3.05, 3.63) is 65.7 Å². The maximum absolute atomic E-state index is 11.8. The van der Waals surface area contributed by atoms with E-state index in [-0.39, 0.29) is 5.91 Å². The number of carbonyl (C=O) groups is 1. The Hall–Kier alpha value is -1.74. The first-order valence-electron chi connectivity index (χ1n) is 5.78. The number of nitrogens with one attached hydrogen (secondary N) is 1. The first-order valence-corrected chi connectivity index (χ1v) is 6.77. The number of benzene rings is 2. The van der Waals surface area contributed by atoms with E-state index >= 15 is 0 Å². The Bertz CT molecular complexity index is 508. The number of amides is 1. The molecule has 0 spiro atoms. The third-order valence-corrected chi connectivity index (χ3v) is 3.42. The topological polar surface area (TPSA) is 29.1 Å². The van der Waals surface area contributed by atoms with Crippen molar-refractivity contribution in [2.45, 2.75) is 11.8 Å². The molecule has 1 amide bonds. The van der Waals surface area contributed by atoms with Crippen molar-refractivity contribution in [2.24, 2.45) is 0 Å². The van der Waals surface area contributed by atoms with Gasteiger partial charge in [-0.3, -0.25) is 4.79 Å². The molecule has 0 aliphatic rings. The van der Waals surface area contributed by atoms with Crippen molar-refractivity contribution in [1.29, 1.82) is 0 Å². The van der Waals surface area contributed by atoms with Crippen molar-refractivity contribution >= 4 is 17.7 Å². The second-order valence-corrected chi connectivity index (χ2v) is 5.02. The lowest BCUT2D eigenvalue weighted by atomic mass is 10.2. The Balaban J connectivity index is 1.82. The summed E-state index contributed by atoms with van der Waals surface area (Å²) in [5, 5.41) is 2.89. The molecule has 2 aromatic carbocycles. The molecule has 18 heavy (non-hydrogen) atoms. The van der Waals surface area contributed by atoms with Gasteiger partial charge in [0.2, 0.25) is 0 Å². The summed E-state index contributed by atoms with van der Waals surface area (Å²) in [6, 6.07) is 17.5. The molecule has 92 valence electrons. The number of carbonyl (C=O) groups excluding carboxylic acids is 1. The fourth-order valence-corrected chi connectivity index (χ4v) is 2.21. The van der Waals surface area contributed by atoms with Crippen molar-refractivity contribution in [3.63, 3.8) is 0 Å². The van der Waals surface area contributed by atoms with E-state index < -0.39 is 0 Å². The number of aryl methyl sites for hydroxylation is 1. The molecular weight excluding hydrogens is 242 g/mol. The van der Waals surface area contributed by atoms with Crippen LogP contribution < -0.4 is 5.32 Å². The second kappa shape index (κ2) is 6.26. The Labute approximate surface area is 111 Å². The molecule has 0 aromatic heterocycles. The summed E-state index contributed by atoms with van der Waals surface area (Å²) in [6.45, 7) is 2.06. The molecule has 0 aliphatic heterocycles. The maximum atomic E-state index is 11.8. The first kappa shape index (κ1) is 12.7. The van der Waals surface area contributed by atoms with Gasteiger partial charge in [-0.2, -0.15) is 0 Å². The molecule has 0 aliphatic carbocycles. The minimum Gasteiger partial charge on any atom is -0.343 e. The van der Waals surface area contributed by atoms with Gasteiger partial charge in [-0.25, -0.2) is 0 Å². The summed E-state index contributed by atoms with van der Waals surface area (Å²) in [7, 11) is 0. The van der Waals surface area contributed by atoms with Crippen molar-refractivity contribution in [2.75, 3.05) is 5.88 Å². The zero-order valence-corrected chi connectivity index (χ0v) is 11.0. The van der Waals surface area contributed by atoms with Gasteiger partial charge in [-0.05, 0) is 31.2 Å². The van der Waals surface area contributed by atoms with Crippen LogP contribution >= 0.6 is 11.8 Å². The van der Waals surface area contributed by atoms with Crippen LogP contribution in [0.1, 0.15) is 15.9 Å². The van der Waals surface area contributed by atoms with Crippen molar-refractivity contribution < 1.29 is 4.79 Å². The van der Waals surface area contributed by atoms with E-state index in [1.54, 1.807) is 11.8 Å². The van der Waals surface area contributed by atoms with Crippen LogP contribution in [-0.4, -0.2) is 11.8 Å². The van der Waals surface area contributed by atoms with Gasteiger partial charge in [0.1, 0.15) is 0 Å². The van der Waals surface area contributed by atoms with Gasteiger partial charge in [0.25, 0.3) is 5.91 Å². The summed E-state index contributed by atoms with van der Waals surface area (Å²) in [6.07, 6.45) is 0. The average molecular weight is 257 g/mol. The predicted octanol–water partition coefficient (Wildman–Crippen LogP) is 3.47. The molecule has 0 bridgehead atoms. The van der Waals surface area contributed by atoms with Gasteiger partial charge in [0.15, 0.2) is 0 Å². The third-order valence-electron chi connectivity index (χ3n) is 2.53. The monoisotopic (exact) mass is 257 g/mol. The van der Waals surface area contributed by atoms with Crippen LogP contribution in [0.3, 0.4) is 0 Å². The Morgan fingerprint density at radius 2 is 1.72 bits per heavy atom. The fourth-order valence-electron chi connectivity index (χ4n) is 1.51. The third kappa shape index (κ3) is 3.64. The summed E-state index contributed by atoms with van der Waals surface area (Å²) in [4.78, 5) is 12.9. The molecule has 0 atom stereocenters. The molecule has 0 unspecified atom stereocenters. The highest BCUT2D eigenvalue weighted by Gasteiger charge is 2.03. The van der Waals surface area contributed by atoms with Crippen LogP contribution in [0.2, 0.25) is 0 Å². The van der Waals surface area contributed by atoms with E-state index in [2.05, 4.69) is 36.5 Å². The van der Waals surface area contributed by atoms with E-state index in [4.69, 9.17) is 0 Å². The van der Waals surface area contributed by atoms with E-state index in [9.17, 15) is 4.79 Å². The molecule has 0 saturated heterocycles. The number of rotatable bonds is 4. The first-order chi connectivity index (χ1) is 8.75. The SMILES string of the molecule is Cc1ccc(SCNC(=O)c2ccccc2)cc1. The summed E-state index contributed by atoms with van der Waals surface area (Å²) in [5.41, 5.74) is 1.94. The van der Waals surface area contributed by atoms with Gasteiger partial charge in [-0.1, -0.05) is 35.9 Å². The van der Waals surface area contributed by atoms with E-state index in [0.717, 1.165) is 4.90 Å². The van der Waals surface area contributed by atoms with Gasteiger partial charge < -0.3 is 5.32 Å². The molecule has 2 nitrogen and oxygen atoms in total. The number of thioether (sulfide) groups is 1. The minimum atomic E-state index is -0.0322. The van der Waals surface area contributed by atoms with E-state index in [1.165, 1.54) is 5.56 Å². The van der Waals surface area contributed by atoms with Gasteiger partial charge >= 0.3 is 0 Å². The highest BCUT2D eigenvalue weighted by atomic mass is 32.2. The molecule has 0 radical (unpaired) electrons. The van der Waals surface area contributed by atoms with Gasteiger partial charge in [0, 0.05) is 10.5 Å². The van der Waals surface area contributed by atoms with Crippen molar-refractivity contribution in [1.82, 2.24) is 5.32 Å². The second-order valence-electron chi connectivity index (χ2n) is 3.97. The Morgan fingerprint density at radius 3 is 2.39 bits per heavy atom. The molecule has 1 N–H and O–H groups in total. The lowest BCUT2D eigenvalue weighted by Gasteiger charge is -2.05. The van der Waals surface area contributed by atoms with Crippen LogP contribution in [0, 0.1) is 6.92 Å². The summed E-state index contributed by atoms with van der Waals surface area (Å²) >= 11 is 1.62. The fraction of sp³-hybridized carbons (Fsp3) is 0.133. The van der Waals surface area contributed by atoms with Crippen LogP contribution in [-0.2, 0) is 0 Å². The molecule has 3 heteroatoms. The van der Waals surface area contributed by atoms with Crippen LogP contribution in [0.15, 0.2) is 59.5 Å². The summed E-state index contributed by atoms with van der Waals surface area (Å²) < 4.78 is 0. The molecule has 0 fully saturated rings. The lowest BCUT2D eigenvalue weighted by Crippen LogP contribution is -2.22. The van der Waals surface area contributed by atoms with Crippen molar-refractivity contribution in [3.8, 4) is 0 Å². The minimum absolute atomic E-state index is 0.0322. The molecule has 0 heterocycles. The normalized spacial score (nSPS) is 10.1. The van der Waals surface area contributed by atoms with Gasteiger partial charge in [0.05, 0.1) is 5.88 Å². The van der Waals surface area contributed by atoms with Crippen LogP contribution in [0.25, 0.3) is 0 Å². The van der Waals surface area contributed by atoms with E-state index in [1.807, 2.05) is 30.3 Å². The van der Waals surface area contributed by atoms with E-state index in [0.29, 0.717) is 11.4 Å². The summed E-state index contributed by atoms with van der Waals surface area (Å²) in [5.74, 6) is 0.548. The van der Waals surface area contributed by atoms with Crippen LogP contribution in [0.5, 0.6) is 0 Å². The number of hydrogen-bond donors (Lipinski definition) is 1. The maximum Gasteiger partial charge on any atom is 0.251 e. The zero-order chi connectivity index (χ0) is 12.8. The largest absolute Gasteiger partial charge is 0.343 e. The molecule has 2 rings (SSSR count). The average Bonchev–Trinajstić information content (AvgIpc) is 2.42. The number of hydrogen-bond acceptors (Lipinski definition) is 2. The predicted molar refractivity (Wildman–Crippen MR) is 75.8 cm³/mol. The molecule has 2 aromatic rings.